The molecule has 1 rings (SSSR count). The lowest BCUT2D eigenvalue weighted by Crippen LogP contribution is -2.42. The van der Waals surface area contributed by atoms with Crippen LogP contribution in [0.5, 0.6) is 0 Å². The van der Waals surface area contributed by atoms with Gasteiger partial charge in [0.2, 0.25) is 0 Å². The summed E-state index contributed by atoms with van der Waals surface area (Å²) in [5.74, 6) is -0.301. The molecule has 1 fully saturated rings. The SMILES string of the molecule is CC(C)(C)OC(=O)NC1CCC(OC(=O)CCCCO[N+](=O)[O-])CC1. The van der Waals surface area contributed by atoms with Gasteiger partial charge in [-0.05, 0) is 59.3 Å². The fraction of sp³-hybridized carbons (Fsp3) is 0.875. The van der Waals surface area contributed by atoms with Crippen molar-refractivity contribution in [2.45, 2.75) is 83.5 Å². The Hall–Kier alpha value is -2.06. The smallest absolute Gasteiger partial charge is 0.407 e. The summed E-state index contributed by atoms with van der Waals surface area (Å²) in [5.41, 5.74) is -0.526. The third-order valence-electron chi connectivity index (χ3n) is 3.67. The molecular weight excluding hydrogens is 332 g/mol. The number of unbranched alkanes of at least 4 members (excludes halogenated alkanes) is 1. The van der Waals surface area contributed by atoms with Crippen LogP contribution in [0.1, 0.15) is 65.7 Å². The largest absolute Gasteiger partial charge is 0.462 e. The molecule has 0 spiro atoms. The summed E-state index contributed by atoms with van der Waals surface area (Å²) >= 11 is 0. The topological polar surface area (TPSA) is 117 Å². The van der Waals surface area contributed by atoms with E-state index in [1.165, 1.54) is 0 Å². The molecule has 1 amide bonds. The number of ether oxygens (including phenoxy) is 2. The summed E-state index contributed by atoms with van der Waals surface area (Å²) in [7, 11) is 0. The number of carbonyl (C=O) groups is 2. The first-order chi connectivity index (χ1) is 11.7. The maximum atomic E-state index is 11.7. The monoisotopic (exact) mass is 360 g/mol. The lowest BCUT2D eigenvalue weighted by molar-refractivity contribution is -0.757. The van der Waals surface area contributed by atoms with Gasteiger partial charge >= 0.3 is 12.1 Å². The molecule has 0 saturated heterocycles. The molecule has 25 heavy (non-hydrogen) atoms. The third-order valence-corrected chi connectivity index (χ3v) is 3.67. The van der Waals surface area contributed by atoms with Crippen molar-refractivity contribution in [3.05, 3.63) is 10.1 Å². The molecule has 9 heteroatoms. The predicted octanol–water partition coefficient (Wildman–Crippen LogP) is 2.74. The molecule has 144 valence electrons. The van der Waals surface area contributed by atoms with Crippen LogP contribution in [0.4, 0.5) is 4.79 Å². The minimum atomic E-state index is -0.845. The number of nitrogens with zero attached hydrogens (tertiary/aromatic N) is 1. The van der Waals surface area contributed by atoms with Gasteiger partial charge in [-0.3, -0.25) is 4.79 Å². The van der Waals surface area contributed by atoms with E-state index >= 15 is 0 Å². The average Bonchev–Trinajstić information content (AvgIpc) is 2.46. The molecule has 0 aromatic heterocycles. The van der Waals surface area contributed by atoms with Crippen molar-refractivity contribution < 1.29 is 29.0 Å². The molecule has 0 aromatic rings. The lowest BCUT2D eigenvalue weighted by atomic mass is 9.93. The van der Waals surface area contributed by atoms with E-state index in [2.05, 4.69) is 10.2 Å². The molecule has 0 aromatic carbocycles. The van der Waals surface area contributed by atoms with Crippen molar-refractivity contribution in [3.8, 4) is 0 Å². The Morgan fingerprint density at radius 1 is 1.16 bits per heavy atom. The van der Waals surface area contributed by atoms with Crippen molar-refractivity contribution in [1.82, 2.24) is 5.32 Å². The number of hydrogen-bond acceptors (Lipinski definition) is 7. The second-order valence-electron chi connectivity index (χ2n) is 7.12. The molecular formula is C16H28N2O7. The zero-order chi connectivity index (χ0) is 18.9. The van der Waals surface area contributed by atoms with Crippen LogP contribution in [-0.2, 0) is 19.1 Å². The van der Waals surface area contributed by atoms with Crippen LogP contribution in [0.2, 0.25) is 0 Å². The summed E-state index contributed by atoms with van der Waals surface area (Å²) in [5, 5.41) is 12.0. The number of nitrogens with one attached hydrogen (secondary N) is 1. The van der Waals surface area contributed by atoms with Gasteiger partial charge in [0, 0.05) is 12.5 Å². The van der Waals surface area contributed by atoms with Gasteiger partial charge in [0.05, 0.1) is 6.61 Å². The highest BCUT2D eigenvalue weighted by Crippen LogP contribution is 2.22. The van der Waals surface area contributed by atoms with Crippen LogP contribution in [0.15, 0.2) is 0 Å². The minimum Gasteiger partial charge on any atom is -0.462 e. The summed E-state index contributed by atoms with van der Waals surface area (Å²) in [4.78, 5) is 37.6. The predicted molar refractivity (Wildman–Crippen MR) is 88.3 cm³/mol. The lowest BCUT2D eigenvalue weighted by Gasteiger charge is -2.29. The first-order valence-corrected chi connectivity index (χ1v) is 8.62. The van der Waals surface area contributed by atoms with Crippen LogP contribution in [0.25, 0.3) is 0 Å². The molecule has 0 unspecified atom stereocenters. The molecule has 0 bridgehead atoms. The molecule has 9 nitrogen and oxygen atoms in total. The molecule has 0 radical (unpaired) electrons. The summed E-state index contributed by atoms with van der Waals surface area (Å²) in [6.45, 7) is 5.42. The van der Waals surface area contributed by atoms with Crippen LogP contribution >= 0.6 is 0 Å². The van der Waals surface area contributed by atoms with Crippen LogP contribution in [-0.4, -0.2) is 41.5 Å². The fourth-order valence-corrected chi connectivity index (χ4v) is 2.55. The third kappa shape index (κ3) is 10.4. The van der Waals surface area contributed by atoms with Crippen molar-refractivity contribution in [3.63, 3.8) is 0 Å². The maximum Gasteiger partial charge on any atom is 0.407 e. The second-order valence-corrected chi connectivity index (χ2v) is 7.12. The van der Waals surface area contributed by atoms with Crippen LogP contribution < -0.4 is 5.32 Å². The van der Waals surface area contributed by atoms with E-state index in [9.17, 15) is 19.7 Å². The first kappa shape index (κ1) is 21.0. The van der Waals surface area contributed by atoms with Gasteiger partial charge in [0.1, 0.15) is 11.7 Å². The van der Waals surface area contributed by atoms with Gasteiger partial charge in [0.25, 0.3) is 5.09 Å². The standard InChI is InChI=1S/C16H28N2O7/c1-16(2,3)25-15(20)17-12-7-9-13(10-8-12)24-14(19)6-4-5-11-23-18(21)22/h12-13H,4-11H2,1-3H3,(H,17,20). The average molecular weight is 360 g/mol. The Kier molecular flexibility index (Phi) is 8.44. The Balaban J connectivity index is 2.14. The fourth-order valence-electron chi connectivity index (χ4n) is 2.55. The summed E-state index contributed by atoms with van der Waals surface area (Å²) in [6.07, 6.45) is 3.42. The van der Waals surface area contributed by atoms with E-state index in [-0.39, 0.29) is 31.1 Å². The zero-order valence-corrected chi connectivity index (χ0v) is 15.1. The van der Waals surface area contributed by atoms with Crippen molar-refractivity contribution in [2.24, 2.45) is 0 Å². The van der Waals surface area contributed by atoms with Crippen molar-refractivity contribution in [1.29, 1.82) is 0 Å². The molecule has 0 aliphatic heterocycles. The molecule has 1 saturated carbocycles. The van der Waals surface area contributed by atoms with Crippen molar-refractivity contribution >= 4 is 12.1 Å². The van der Waals surface area contributed by atoms with E-state index in [1.54, 1.807) is 0 Å². The number of amides is 1. The van der Waals surface area contributed by atoms with Gasteiger partial charge < -0.3 is 19.6 Å². The maximum absolute atomic E-state index is 11.7. The first-order valence-electron chi connectivity index (χ1n) is 8.62. The van der Waals surface area contributed by atoms with E-state index in [0.29, 0.717) is 25.7 Å². The Morgan fingerprint density at radius 3 is 2.36 bits per heavy atom. The Bertz CT molecular complexity index is 454. The number of rotatable bonds is 8. The molecule has 1 aliphatic rings. The van der Waals surface area contributed by atoms with E-state index < -0.39 is 16.8 Å². The number of hydrogen-bond donors (Lipinski definition) is 1. The summed E-state index contributed by atoms with van der Waals surface area (Å²) < 4.78 is 10.6. The highest BCUT2D eigenvalue weighted by Gasteiger charge is 2.26. The van der Waals surface area contributed by atoms with Gasteiger partial charge in [-0.2, -0.15) is 0 Å². The molecule has 0 heterocycles. The zero-order valence-electron chi connectivity index (χ0n) is 15.1. The van der Waals surface area contributed by atoms with Crippen molar-refractivity contribution in [2.75, 3.05) is 6.61 Å². The quantitative estimate of drug-likeness (QED) is 0.306. The van der Waals surface area contributed by atoms with Gasteiger partial charge in [-0.25, -0.2) is 4.79 Å². The van der Waals surface area contributed by atoms with E-state index in [1.807, 2.05) is 20.8 Å². The summed E-state index contributed by atoms with van der Waals surface area (Å²) in [6, 6.07) is 0.0316. The normalized spacial score (nSPS) is 20.4. The van der Waals surface area contributed by atoms with Gasteiger partial charge in [-0.15, -0.1) is 10.1 Å². The molecule has 1 N–H and O–H groups in total. The Morgan fingerprint density at radius 2 is 1.80 bits per heavy atom. The van der Waals surface area contributed by atoms with Gasteiger partial charge in [-0.1, -0.05) is 0 Å². The minimum absolute atomic E-state index is 0.0122. The van der Waals surface area contributed by atoms with E-state index in [0.717, 1.165) is 12.8 Å². The number of carbonyl (C=O) groups excluding carboxylic acids is 2. The number of alkyl carbamates (subject to hydrolysis) is 1. The van der Waals surface area contributed by atoms with Crippen LogP contribution in [0.3, 0.4) is 0 Å². The highest BCUT2D eigenvalue weighted by atomic mass is 16.9. The van der Waals surface area contributed by atoms with E-state index in [4.69, 9.17) is 9.47 Å². The van der Waals surface area contributed by atoms with Crippen LogP contribution in [0, 0.1) is 10.1 Å². The highest BCUT2D eigenvalue weighted by molar-refractivity contribution is 5.69. The molecule has 0 atom stereocenters. The molecule has 1 aliphatic carbocycles. The Labute approximate surface area is 147 Å². The number of esters is 1. The second kappa shape index (κ2) is 10.0. The van der Waals surface area contributed by atoms with Gasteiger partial charge in [0.15, 0.2) is 0 Å².